The first kappa shape index (κ1) is 29.5. The molecule has 1 aliphatic heterocycles. The van der Waals surface area contributed by atoms with Crippen molar-refractivity contribution in [2.75, 3.05) is 23.0 Å². The number of thioether (sulfide) groups is 1. The molecule has 0 aliphatic carbocycles. The number of amides is 1. The number of nitrogens with zero attached hydrogens (tertiary/aromatic N) is 3. The summed E-state index contributed by atoms with van der Waals surface area (Å²) in [6, 6.07) is 16.9. The summed E-state index contributed by atoms with van der Waals surface area (Å²) < 4.78 is 28.0. The van der Waals surface area contributed by atoms with Gasteiger partial charge in [0.05, 0.1) is 17.2 Å². The van der Waals surface area contributed by atoms with Crippen LogP contribution in [0.3, 0.4) is 0 Å². The Morgan fingerprint density at radius 2 is 1.90 bits per heavy atom. The van der Waals surface area contributed by atoms with Crippen molar-refractivity contribution in [3.63, 3.8) is 0 Å². The minimum absolute atomic E-state index is 0.0771. The summed E-state index contributed by atoms with van der Waals surface area (Å²) in [7, 11) is 0. The molecule has 0 fully saturated rings. The van der Waals surface area contributed by atoms with E-state index < -0.39 is 11.9 Å². The molecule has 1 atom stereocenters. The Hall–Kier alpha value is -4.02. The van der Waals surface area contributed by atoms with Gasteiger partial charge in [0.25, 0.3) is 5.91 Å². The third-order valence-electron chi connectivity index (χ3n) is 6.64. The van der Waals surface area contributed by atoms with Gasteiger partial charge in [-0.25, -0.2) is 9.07 Å². The van der Waals surface area contributed by atoms with E-state index in [1.807, 2.05) is 64.1 Å². The summed E-state index contributed by atoms with van der Waals surface area (Å²) in [5.74, 6) is 1.48. The number of nitrogens with one attached hydrogen (secondary N) is 2. The fraction of sp³-hybridized carbons (Fsp3) is 0.258. The number of anilines is 2. The van der Waals surface area contributed by atoms with Crippen LogP contribution in [0, 0.1) is 12.7 Å². The maximum Gasteiger partial charge on any atom is 0.255 e. The molecule has 0 saturated heterocycles. The van der Waals surface area contributed by atoms with Crippen molar-refractivity contribution >= 4 is 40.9 Å². The highest BCUT2D eigenvalue weighted by Gasteiger charge is 2.35. The van der Waals surface area contributed by atoms with Gasteiger partial charge in [-0.15, -0.1) is 5.10 Å². The van der Waals surface area contributed by atoms with E-state index in [1.165, 1.54) is 17.8 Å². The zero-order valence-corrected chi connectivity index (χ0v) is 25.3. The minimum atomic E-state index is -0.612. The second-order valence-corrected chi connectivity index (χ2v) is 11.3. The largest absolute Gasteiger partial charge is 0.490 e. The second-order valence-electron chi connectivity index (χ2n) is 9.61. The lowest BCUT2D eigenvalue weighted by Crippen LogP contribution is -2.31. The van der Waals surface area contributed by atoms with Crippen molar-refractivity contribution in [1.82, 2.24) is 14.8 Å². The van der Waals surface area contributed by atoms with Crippen LogP contribution in [0.5, 0.6) is 11.5 Å². The number of carbonyl (C=O) groups is 1. The lowest BCUT2D eigenvalue weighted by atomic mass is 9.94. The fourth-order valence-electron chi connectivity index (χ4n) is 4.75. The number of halogens is 2. The van der Waals surface area contributed by atoms with Gasteiger partial charge in [0.1, 0.15) is 18.5 Å². The van der Waals surface area contributed by atoms with Gasteiger partial charge in [0.2, 0.25) is 11.1 Å². The highest BCUT2D eigenvalue weighted by atomic mass is 35.5. The molecule has 218 valence electrons. The van der Waals surface area contributed by atoms with Crippen LogP contribution in [0.4, 0.5) is 16.0 Å². The lowest BCUT2D eigenvalue weighted by Gasteiger charge is -2.29. The zero-order valence-electron chi connectivity index (χ0n) is 23.7. The number of aryl methyl sites for hydroxylation is 1. The van der Waals surface area contributed by atoms with Crippen LogP contribution >= 0.6 is 23.4 Å². The first-order valence-electron chi connectivity index (χ1n) is 13.6. The molecule has 1 aromatic heterocycles. The van der Waals surface area contributed by atoms with Gasteiger partial charge in [0, 0.05) is 16.9 Å². The number of benzene rings is 3. The Labute approximate surface area is 253 Å². The summed E-state index contributed by atoms with van der Waals surface area (Å²) in [6.07, 6.45) is 0. The molecule has 0 radical (unpaired) electrons. The van der Waals surface area contributed by atoms with Crippen molar-refractivity contribution in [2.45, 2.75) is 45.5 Å². The van der Waals surface area contributed by atoms with E-state index >= 15 is 0 Å². The molecule has 2 heterocycles. The van der Waals surface area contributed by atoms with Crippen molar-refractivity contribution in [1.29, 1.82) is 0 Å². The SMILES string of the molecule is CCOc1cc(C2C(C(=O)Nc3cccc(C)c3)=C(C)Nc3nc(SCC)nn32)ccc1OCc1c(F)cccc1Cl. The molecular formula is C31H31ClFN5O3S. The number of rotatable bonds is 10. The summed E-state index contributed by atoms with van der Waals surface area (Å²) in [4.78, 5) is 18.5. The standard InChI is InChI=1S/C31H31ClFN5O3S/c1-5-40-26-16-20(13-14-25(26)41-17-22-23(32)11-8-12-24(22)33)28-27(29(39)35-21-10-7-9-18(3)15-21)19(4)34-30-36-31(42-6-2)37-38(28)30/h7-16,28H,5-6,17H2,1-4H3,(H,35,39)(H,34,36,37). The van der Waals surface area contributed by atoms with Gasteiger partial charge in [-0.1, -0.05) is 54.6 Å². The topological polar surface area (TPSA) is 90.3 Å². The van der Waals surface area contributed by atoms with E-state index in [0.717, 1.165) is 16.9 Å². The molecule has 4 aromatic rings. The van der Waals surface area contributed by atoms with Gasteiger partial charge in [-0.05, 0) is 74.0 Å². The van der Waals surface area contributed by atoms with Crippen molar-refractivity contribution in [2.24, 2.45) is 0 Å². The van der Waals surface area contributed by atoms with Gasteiger partial charge in [0.15, 0.2) is 11.5 Å². The third-order valence-corrected chi connectivity index (χ3v) is 7.72. The Morgan fingerprint density at radius 1 is 1.10 bits per heavy atom. The normalized spacial score (nSPS) is 14.3. The highest BCUT2D eigenvalue weighted by Crippen LogP contribution is 2.40. The van der Waals surface area contributed by atoms with E-state index in [4.69, 9.17) is 26.2 Å². The van der Waals surface area contributed by atoms with Crippen molar-refractivity contribution < 1.29 is 18.7 Å². The predicted octanol–water partition coefficient (Wildman–Crippen LogP) is 7.40. The second kappa shape index (κ2) is 12.9. The molecule has 0 bridgehead atoms. The quantitative estimate of drug-likeness (QED) is 0.182. The van der Waals surface area contributed by atoms with Crippen LogP contribution in [0.25, 0.3) is 0 Å². The molecular weight excluding hydrogens is 577 g/mol. The summed E-state index contributed by atoms with van der Waals surface area (Å²) >= 11 is 7.72. The first-order chi connectivity index (χ1) is 20.3. The average Bonchev–Trinajstić information content (AvgIpc) is 3.34. The molecule has 2 N–H and O–H groups in total. The number of fused-ring (bicyclic) bond motifs is 1. The number of ether oxygens (including phenoxy) is 2. The van der Waals surface area contributed by atoms with Crippen LogP contribution in [-0.4, -0.2) is 33.0 Å². The fourth-order valence-corrected chi connectivity index (χ4v) is 5.52. The zero-order chi connectivity index (χ0) is 29.8. The number of hydrogen-bond acceptors (Lipinski definition) is 7. The predicted molar refractivity (Wildman–Crippen MR) is 164 cm³/mol. The van der Waals surface area contributed by atoms with E-state index in [1.54, 1.807) is 22.9 Å². The van der Waals surface area contributed by atoms with Gasteiger partial charge >= 0.3 is 0 Å². The molecule has 42 heavy (non-hydrogen) atoms. The summed E-state index contributed by atoms with van der Waals surface area (Å²) in [5, 5.41) is 11.9. The van der Waals surface area contributed by atoms with E-state index in [-0.39, 0.29) is 23.1 Å². The minimum Gasteiger partial charge on any atom is -0.490 e. The summed E-state index contributed by atoms with van der Waals surface area (Å²) in [6.45, 7) is 8.01. The first-order valence-corrected chi connectivity index (χ1v) is 14.9. The van der Waals surface area contributed by atoms with E-state index in [9.17, 15) is 9.18 Å². The average molecular weight is 608 g/mol. The molecule has 0 spiro atoms. The molecule has 1 amide bonds. The Kier molecular flexibility index (Phi) is 9.03. The Bertz CT molecular complexity index is 1640. The monoisotopic (exact) mass is 607 g/mol. The molecule has 11 heteroatoms. The van der Waals surface area contributed by atoms with Crippen LogP contribution < -0.4 is 20.1 Å². The van der Waals surface area contributed by atoms with Crippen LogP contribution in [0.1, 0.15) is 43.5 Å². The van der Waals surface area contributed by atoms with Crippen molar-refractivity contribution in [3.05, 3.63) is 99.5 Å². The Balaban J connectivity index is 1.54. The number of hydrogen-bond donors (Lipinski definition) is 2. The molecule has 8 nitrogen and oxygen atoms in total. The number of allylic oxidation sites excluding steroid dienone is 1. The lowest BCUT2D eigenvalue weighted by molar-refractivity contribution is -0.113. The van der Waals surface area contributed by atoms with Crippen LogP contribution in [0.2, 0.25) is 5.02 Å². The van der Waals surface area contributed by atoms with Gasteiger partial charge in [-0.2, -0.15) is 4.98 Å². The maximum atomic E-state index is 14.4. The highest BCUT2D eigenvalue weighted by molar-refractivity contribution is 7.99. The molecule has 1 aliphatic rings. The van der Waals surface area contributed by atoms with Gasteiger partial charge in [-0.3, -0.25) is 4.79 Å². The van der Waals surface area contributed by atoms with E-state index in [0.29, 0.717) is 46.2 Å². The molecule has 3 aromatic carbocycles. The third kappa shape index (κ3) is 6.24. The Morgan fingerprint density at radius 3 is 2.64 bits per heavy atom. The number of carbonyl (C=O) groups excluding carboxylic acids is 1. The van der Waals surface area contributed by atoms with Crippen molar-refractivity contribution in [3.8, 4) is 11.5 Å². The molecule has 0 saturated carbocycles. The smallest absolute Gasteiger partial charge is 0.255 e. The van der Waals surface area contributed by atoms with Crippen LogP contribution in [0.15, 0.2) is 77.1 Å². The maximum absolute atomic E-state index is 14.4. The van der Waals surface area contributed by atoms with Gasteiger partial charge < -0.3 is 20.1 Å². The molecule has 1 unspecified atom stereocenters. The van der Waals surface area contributed by atoms with E-state index in [2.05, 4.69) is 15.6 Å². The molecule has 5 rings (SSSR count). The number of aromatic nitrogens is 3. The summed E-state index contributed by atoms with van der Waals surface area (Å²) in [5.41, 5.74) is 3.86. The van der Waals surface area contributed by atoms with Crippen LogP contribution in [-0.2, 0) is 11.4 Å².